The van der Waals surface area contributed by atoms with E-state index in [0.29, 0.717) is 30.8 Å². The number of amides is 1. The molecule has 0 saturated carbocycles. The molecule has 3 aromatic rings. The molecule has 0 unspecified atom stereocenters. The molecule has 0 radical (unpaired) electrons. The Morgan fingerprint density at radius 3 is 2.35 bits per heavy atom. The van der Waals surface area contributed by atoms with Crippen molar-refractivity contribution >= 4 is 22.6 Å². The number of hydrogen-bond acceptors (Lipinski definition) is 6. The lowest BCUT2D eigenvalue weighted by Gasteiger charge is -2.34. The summed E-state index contributed by atoms with van der Waals surface area (Å²) >= 11 is 0. The second-order valence-corrected chi connectivity index (χ2v) is 7.94. The number of benzene rings is 1. The summed E-state index contributed by atoms with van der Waals surface area (Å²) in [5.41, 5.74) is 0.812. The van der Waals surface area contributed by atoms with E-state index in [1.807, 2.05) is 54.3 Å². The van der Waals surface area contributed by atoms with E-state index in [2.05, 4.69) is 20.0 Å². The van der Waals surface area contributed by atoms with Crippen molar-refractivity contribution in [2.45, 2.75) is 33.9 Å². The number of para-hydroxylation sites is 1. The molecule has 0 bridgehead atoms. The highest BCUT2D eigenvalue weighted by Crippen LogP contribution is 2.16. The molecule has 31 heavy (non-hydrogen) atoms. The Balaban J connectivity index is 1.51. The number of likely N-dealkylation sites (N-methyl/N-ethyl adjacent to an activating group) is 1. The van der Waals surface area contributed by atoms with Crippen LogP contribution in [0.25, 0.3) is 16.7 Å². The van der Waals surface area contributed by atoms with Crippen LogP contribution in [0.5, 0.6) is 0 Å². The Labute approximate surface area is 181 Å². The summed E-state index contributed by atoms with van der Waals surface area (Å²) in [4.78, 5) is 31.7. The van der Waals surface area contributed by atoms with Crippen LogP contribution in [0.15, 0.2) is 29.1 Å². The highest BCUT2D eigenvalue weighted by Gasteiger charge is 2.23. The summed E-state index contributed by atoms with van der Waals surface area (Å²) in [5.74, 6) is 1.62. The minimum Gasteiger partial charge on any atom is -0.342 e. The van der Waals surface area contributed by atoms with Crippen molar-refractivity contribution < 1.29 is 4.79 Å². The van der Waals surface area contributed by atoms with Gasteiger partial charge in [-0.05, 0) is 32.9 Å². The molecule has 1 aliphatic heterocycles. The van der Waals surface area contributed by atoms with E-state index in [9.17, 15) is 9.59 Å². The van der Waals surface area contributed by atoms with Crippen LogP contribution in [0.1, 0.15) is 26.6 Å². The number of fused-ring (bicyclic) bond motifs is 3. The van der Waals surface area contributed by atoms with E-state index < -0.39 is 0 Å². The van der Waals surface area contributed by atoms with Gasteiger partial charge in [-0.25, -0.2) is 0 Å². The molecule has 0 N–H and O–H groups in total. The largest absolute Gasteiger partial charge is 0.342 e. The molecule has 1 aromatic carbocycles. The zero-order chi connectivity index (χ0) is 22.0. The number of rotatable bonds is 7. The fourth-order valence-corrected chi connectivity index (χ4v) is 4.37. The van der Waals surface area contributed by atoms with Gasteiger partial charge in [-0.1, -0.05) is 12.1 Å². The second kappa shape index (κ2) is 9.15. The Kier molecular flexibility index (Phi) is 6.33. The van der Waals surface area contributed by atoms with Gasteiger partial charge in [0, 0.05) is 45.8 Å². The number of aromatic nitrogens is 4. The highest BCUT2D eigenvalue weighted by atomic mass is 16.2. The number of hydrogen-bond donors (Lipinski definition) is 0. The van der Waals surface area contributed by atoms with E-state index in [4.69, 9.17) is 0 Å². The van der Waals surface area contributed by atoms with Crippen LogP contribution < -0.4 is 5.56 Å². The second-order valence-electron chi connectivity index (χ2n) is 7.94. The molecule has 0 aliphatic carbocycles. The molecule has 0 atom stereocenters. The van der Waals surface area contributed by atoms with Gasteiger partial charge in [0.05, 0.1) is 24.0 Å². The van der Waals surface area contributed by atoms with E-state index >= 15 is 0 Å². The summed E-state index contributed by atoms with van der Waals surface area (Å²) in [6.45, 7) is 12.6. The maximum atomic E-state index is 12.8. The fourth-order valence-electron chi connectivity index (χ4n) is 4.37. The van der Waals surface area contributed by atoms with Gasteiger partial charge >= 0.3 is 0 Å². The van der Waals surface area contributed by atoms with Gasteiger partial charge in [-0.3, -0.25) is 28.4 Å². The molecule has 9 heteroatoms. The minimum absolute atomic E-state index is 0.0315. The first-order valence-electron chi connectivity index (χ1n) is 11.1. The standard InChI is InChI=1S/C22H31N7O2/c1-4-27(5-2)20(30)16-26-13-11-25(12-14-26)15-19-23-24-22-28(6-3)21(31)17-9-7-8-10-18(17)29(19)22/h7-10H,4-6,11-16H2,1-3H3. The molecule has 9 nitrogen and oxygen atoms in total. The normalized spacial score (nSPS) is 15.7. The molecule has 0 spiro atoms. The predicted octanol–water partition coefficient (Wildman–Crippen LogP) is 1.05. The Morgan fingerprint density at radius 1 is 1.00 bits per heavy atom. The van der Waals surface area contributed by atoms with Gasteiger partial charge in [0.25, 0.3) is 5.56 Å². The van der Waals surface area contributed by atoms with Crippen molar-refractivity contribution in [3.05, 3.63) is 40.4 Å². The first-order valence-corrected chi connectivity index (χ1v) is 11.1. The van der Waals surface area contributed by atoms with E-state index in [1.54, 1.807) is 4.57 Å². The first kappa shape index (κ1) is 21.5. The van der Waals surface area contributed by atoms with Crippen molar-refractivity contribution in [2.24, 2.45) is 0 Å². The van der Waals surface area contributed by atoms with E-state index in [-0.39, 0.29) is 11.5 Å². The maximum Gasteiger partial charge on any atom is 0.262 e. The Hall–Kier alpha value is -2.78. The third-order valence-electron chi connectivity index (χ3n) is 6.20. The number of nitrogens with zero attached hydrogens (tertiary/aromatic N) is 7. The number of carbonyl (C=O) groups excluding carboxylic acids is 1. The van der Waals surface area contributed by atoms with Crippen molar-refractivity contribution in [1.82, 2.24) is 33.9 Å². The van der Waals surface area contributed by atoms with Crippen molar-refractivity contribution in [3.63, 3.8) is 0 Å². The predicted molar refractivity (Wildman–Crippen MR) is 120 cm³/mol. The molecule has 3 heterocycles. The molecule has 1 aliphatic rings. The summed E-state index contributed by atoms with van der Waals surface area (Å²) < 4.78 is 3.69. The molecule has 1 amide bonds. The van der Waals surface area contributed by atoms with Gasteiger partial charge < -0.3 is 4.90 Å². The molecule has 2 aromatic heterocycles. The number of aryl methyl sites for hydroxylation is 1. The lowest BCUT2D eigenvalue weighted by molar-refractivity contribution is -0.132. The summed E-state index contributed by atoms with van der Waals surface area (Å²) in [6, 6.07) is 7.64. The van der Waals surface area contributed by atoms with Gasteiger partial charge in [-0.15, -0.1) is 10.2 Å². The number of piperazine rings is 1. The van der Waals surface area contributed by atoms with Crippen LogP contribution in [0.4, 0.5) is 0 Å². The van der Waals surface area contributed by atoms with Gasteiger partial charge in [-0.2, -0.15) is 0 Å². The average Bonchev–Trinajstić information content (AvgIpc) is 3.20. The Bertz CT molecular complexity index is 1120. The van der Waals surface area contributed by atoms with Crippen molar-refractivity contribution in [3.8, 4) is 0 Å². The fraction of sp³-hybridized carbons (Fsp3) is 0.545. The zero-order valence-electron chi connectivity index (χ0n) is 18.6. The first-order chi connectivity index (χ1) is 15.1. The lowest BCUT2D eigenvalue weighted by atomic mass is 10.2. The van der Waals surface area contributed by atoms with Crippen LogP contribution >= 0.6 is 0 Å². The smallest absolute Gasteiger partial charge is 0.262 e. The van der Waals surface area contributed by atoms with Crippen LogP contribution in [0, 0.1) is 0 Å². The lowest BCUT2D eigenvalue weighted by Crippen LogP contribution is -2.49. The topological polar surface area (TPSA) is 79.0 Å². The summed E-state index contributed by atoms with van der Waals surface area (Å²) in [6.07, 6.45) is 0. The molecule has 166 valence electrons. The minimum atomic E-state index is -0.0315. The monoisotopic (exact) mass is 425 g/mol. The third kappa shape index (κ3) is 4.07. The summed E-state index contributed by atoms with van der Waals surface area (Å²) in [7, 11) is 0. The van der Waals surface area contributed by atoms with Gasteiger partial charge in [0.1, 0.15) is 0 Å². The van der Waals surface area contributed by atoms with Gasteiger partial charge in [0.2, 0.25) is 11.7 Å². The van der Waals surface area contributed by atoms with E-state index in [1.165, 1.54) is 0 Å². The van der Waals surface area contributed by atoms with Crippen molar-refractivity contribution in [1.29, 1.82) is 0 Å². The SMILES string of the molecule is CCN(CC)C(=O)CN1CCN(Cc2nnc3n(CC)c(=O)c4ccccc4n23)CC1. The molecular weight excluding hydrogens is 394 g/mol. The number of carbonyl (C=O) groups is 1. The van der Waals surface area contributed by atoms with Gasteiger partial charge in [0.15, 0.2) is 5.82 Å². The average molecular weight is 426 g/mol. The Morgan fingerprint density at radius 2 is 1.68 bits per heavy atom. The zero-order valence-corrected chi connectivity index (χ0v) is 18.6. The molecular formula is C22H31N7O2. The van der Waals surface area contributed by atoms with Crippen LogP contribution in [-0.4, -0.2) is 85.6 Å². The quantitative estimate of drug-likeness (QED) is 0.563. The molecule has 1 saturated heterocycles. The van der Waals surface area contributed by atoms with Crippen molar-refractivity contribution in [2.75, 3.05) is 45.8 Å². The van der Waals surface area contributed by atoms with E-state index in [0.717, 1.165) is 50.6 Å². The summed E-state index contributed by atoms with van der Waals surface area (Å²) in [5, 5.41) is 9.46. The van der Waals surface area contributed by atoms with Crippen LogP contribution in [-0.2, 0) is 17.9 Å². The maximum absolute atomic E-state index is 12.8. The van der Waals surface area contributed by atoms with Crippen LogP contribution in [0.2, 0.25) is 0 Å². The third-order valence-corrected chi connectivity index (χ3v) is 6.20. The molecule has 1 fully saturated rings. The van der Waals surface area contributed by atoms with Crippen LogP contribution in [0.3, 0.4) is 0 Å². The highest BCUT2D eigenvalue weighted by molar-refractivity contribution is 5.80. The molecule has 4 rings (SSSR count).